The summed E-state index contributed by atoms with van der Waals surface area (Å²) in [6.07, 6.45) is -3.52. The number of carbonyl (C=O) groups excluding carboxylic acids is 1. The Hall–Kier alpha value is -4.00. The molecule has 0 aliphatic heterocycles. The zero-order chi connectivity index (χ0) is 24.8. The molecule has 33 heavy (non-hydrogen) atoms. The van der Waals surface area contributed by atoms with E-state index in [-0.39, 0.29) is 11.6 Å². The van der Waals surface area contributed by atoms with Gasteiger partial charge in [-0.1, -0.05) is 12.1 Å². The number of aliphatic carboxylic acids is 1. The molecule has 3 rings (SSSR count). The van der Waals surface area contributed by atoms with Crippen molar-refractivity contribution >= 4 is 17.6 Å². The maximum Gasteiger partial charge on any atom is 0.490 e. The number of aromatic nitrogens is 4. The first-order chi connectivity index (χ1) is 15.4. The number of anilines is 1. The molecule has 2 heterocycles. The molecule has 10 nitrogen and oxygen atoms in total. The minimum absolute atomic E-state index is 0.246. The summed E-state index contributed by atoms with van der Waals surface area (Å²) in [4.78, 5) is 41.5. The summed E-state index contributed by atoms with van der Waals surface area (Å²) in [5, 5.41) is 16.2. The maximum atomic E-state index is 12.5. The molecule has 0 spiro atoms. The van der Waals surface area contributed by atoms with Crippen molar-refractivity contribution in [1.82, 2.24) is 25.1 Å². The minimum Gasteiger partial charge on any atom is -0.475 e. The number of H-pyrrole nitrogens is 2. The number of rotatable bonds is 5. The van der Waals surface area contributed by atoms with Crippen LogP contribution in [0, 0.1) is 6.92 Å². The molecule has 0 saturated carbocycles. The molecular formula is C20H21F3N6O4. The number of carbonyl (C=O) groups is 2. The van der Waals surface area contributed by atoms with Gasteiger partial charge in [-0.15, -0.1) is 0 Å². The van der Waals surface area contributed by atoms with Gasteiger partial charge in [0.25, 0.3) is 5.91 Å². The van der Waals surface area contributed by atoms with Crippen molar-refractivity contribution in [2.24, 2.45) is 0 Å². The third kappa shape index (κ3) is 7.57. The van der Waals surface area contributed by atoms with Gasteiger partial charge in [-0.25, -0.2) is 14.7 Å². The van der Waals surface area contributed by atoms with Gasteiger partial charge in [0.1, 0.15) is 0 Å². The van der Waals surface area contributed by atoms with Crippen molar-refractivity contribution in [2.75, 3.05) is 19.4 Å². The predicted molar refractivity (Wildman–Crippen MR) is 113 cm³/mol. The molecule has 0 fully saturated rings. The minimum atomic E-state index is -5.08. The van der Waals surface area contributed by atoms with E-state index in [0.717, 1.165) is 11.3 Å². The van der Waals surface area contributed by atoms with E-state index < -0.39 is 12.1 Å². The summed E-state index contributed by atoms with van der Waals surface area (Å²) in [6.45, 7) is 2.61. The molecule has 1 amide bonds. The Kier molecular flexibility index (Phi) is 8.07. The van der Waals surface area contributed by atoms with E-state index in [2.05, 4.69) is 25.5 Å². The Morgan fingerprint density at radius 3 is 2.33 bits per heavy atom. The smallest absolute Gasteiger partial charge is 0.475 e. The number of halogens is 3. The van der Waals surface area contributed by atoms with Crippen LogP contribution in [0.15, 0.2) is 41.3 Å². The van der Waals surface area contributed by atoms with E-state index in [4.69, 9.17) is 9.90 Å². The fourth-order valence-corrected chi connectivity index (χ4v) is 2.48. The van der Waals surface area contributed by atoms with Crippen LogP contribution in [0.2, 0.25) is 0 Å². The number of pyridine rings is 1. The van der Waals surface area contributed by atoms with Crippen molar-refractivity contribution in [1.29, 1.82) is 0 Å². The Balaban J connectivity index is 0.000000479. The standard InChI is InChI=1S/C18H20N6O2.C2HF3O2/c1-11-4-5-12(16-21-18(26)23-22-16)8-15(11)20-17(25)13-6-7-14(19-9-13)10-24(2)3;3-2(4,5)1(6)7/h4-9H,10H2,1-3H3,(H,20,25)(H2,21,22,23,26);(H,6,7). The van der Waals surface area contributed by atoms with E-state index in [9.17, 15) is 22.8 Å². The largest absolute Gasteiger partial charge is 0.490 e. The van der Waals surface area contributed by atoms with Gasteiger partial charge in [0.2, 0.25) is 0 Å². The number of carboxylic acids is 1. The van der Waals surface area contributed by atoms with Gasteiger partial charge >= 0.3 is 17.8 Å². The quantitative estimate of drug-likeness (QED) is 0.452. The number of alkyl halides is 3. The Morgan fingerprint density at radius 2 is 1.85 bits per heavy atom. The van der Waals surface area contributed by atoms with Crippen molar-refractivity contribution < 1.29 is 27.9 Å². The second-order valence-corrected chi connectivity index (χ2v) is 7.09. The highest BCUT2D eigenvalue weighted by molar-refractivity contribution is 6.04. The van der Waals surface area contributed by atoms with Crippen LogP contribution in [0.3, 0.4) is 0 Å². The summed E-state index contributed by atoms with van der Waals surface area (Å²) >= 11 is 0. The number of carboxylic acid groups (broad SMARTS) is 1. The molecule has 13 heteroatoms. The van der Waals surface area contributed by atoms with Crippen molar-refractivity contribution in [3.63, 3.8) is 0 Å². The molecule has 0 aliphatic rings. The third-order valence-corrected chi connectivity index (χ3v) is 4.07. The average Bonchev–Trinajstić information content (AvgIpc) is 3.16. The first-order valence-corrected chi connectivity index (χ1v) is 9.33. The van der Waals surface area contributed by atoms with Crippen LogP contribution in [0.1, 0.15) is 21.6 Å². The van der Waals surface area contributed by atoms with Gasteiger partial charge < -0.3 is 15.3 Å². The number of nitrogens with zero attached hydrogens (tertiary/aromatic N) is 3. The lowest BCUT2D eigenvalue weighted by Gasteiger charge is -2.11. The van der Waals surface area contributed by atoms with Crippen LogP contribution in [-0.2, 0) is 11.3 Å². The first-order valence-electron chi connectivity index (χ1n) is 9.33. The second kappa shape index (κ2) is 10.5. The molecule has 1 aromatic carbocycles. The zero-order valence-corrected chi connectivity index (χ0v) is 17.8. The zero-order valence-electron chi connectivity index (χ0n) is 17.8. The normalized spacial score (nSPS) is 11.0. The molecule has 0 saturated heterocycles. The number of hydrogen-bond acceptors (Lipinski definition) is 6. The van der Waals surface area contributed by atoms with E-state index in [1.54, 1.807) is 18.3 Å². The van der Waals surface area contributed by atoms with Crippen molar-refractivity contribution in [3.8, 4) is 11.4 Å². The highest BCUT2D eigenvalue weighted by Gasteiger charge is 2.38. The van der Waals surface area contributed by atoms with E-state index in [1.165, 1.54) is 0 Å². The van der Waals surface area contributed by atoms with Crippen LogP contribution in [0.4, 0.5) is 18.9 Å². The summed E-state index contributed by atoms with van der Waals surface area (Å²) in [6, 6.07) is 9.05. The van der Waals surface area contributed by atoms with Crippen LogP contribution >= 0.6 is 0 Å². The lowest BCUT2D eigenvalue weighted by molar-refractivity contribution is -0.192. The molecule has 0 bridgehead atoms. The summed E-state index contributed by atoms with van der Waals surface area (Å²) in [5.74, 6) is -2.59. The maximum absolute atomic E-state index is 12.5. The van der Waals surface area contributed by atoms with Crippen molar-refractivity contribution in [2.45, 2.75) is 19.6 Å². The SMILES string of the molecule is Cc1ccc(-c2n[nH]c(=O)[nH]2)cc1NC(=O)c1ccc(CN(C)C)nc1.O=C(O)C(F)(F)F. The first kappa shape index (κ1) is 25.3. The number of amides is 1. The molecule has 0 atom stereocenters. The molecule has 4 N–H and O–H groups in total. The van der Waals surface area contributed by atoms with Crippen LogP contribution in [0.5, 0.6) is 0 Å². The Bertz CT molecular complexity index is 1170. The Labute approximate surface area is 185 Å². The lowest BCUT2D eigenvalue weighted by Crippen LogP contribution is -2.21. The van der Waals surface area contributed by atoms with Gasteiger partial charge in [0, 0.05) is 24.0 Å². The van der Waals surface area contributed by atoms with Crippen LogP contribution < -0.4 is 11.0 Å². The van der Waals surface area contributed by atoms with E-state index >= 15 is 0 Å². The highest BCUT2D eigenvalue weighted by atomic mass is 19.4. The highest BCUT2D eigenvalue weighted by Crippen LogP contribution is 2.23. The van der Waals surface area contributed by atoms with Gasteiger partial charge in [0.05, 0.1) is 11.3 Å². The third-order valence-electron chi connectivity index (χ3n) is 4.07. The monoisotopic (exact) mass is 466 g/mol. The van der Waals surface area contributed by atoms with Gasteiger partial charge in [-0.05, 0) is 44.8 Å². The number of aryl methyl sites for hydroxylation is 1. The van der Waals surface area contributed by atoms with Crippen molar-refractivity contribution in [3.05, 3.63) is 63.8 Å². The molecule has 0 radical (unpaired) electrons. The second-order valence-electron chi connectivity index (χ2n) is 7.09. The molecule has 3 aromatic rings. The van der Waals surface area contributed by atoms with Gasteiger partial charge in [0.15, 0.2) is 5.82 Å². The van der Waals surface area contributed by atoms with Crippen LogP contribution in [-0.4, -0.2) is 62.3 Å². The van der Waals surface area contributed by atoms with Gasteiger partial charge in [-0.2, -0.15) is 18.3 Å². The molecule has 0 unspecified atom stereocenters. The summed E-state index contributed by atoms with van der Waals surface area (Å²) in [7, 11) is 3.93. The molecular weight excluding hydrogens is 445 g/mol. The molecule has 176 valence electrons. The number of aromatic amines is 2. The molecule has 2 aromatic heterocycles. The van der Waals surface area contributed by atoms with Gasteiger partial charge in [-0.3, -0.25) is 14.8 Å². The van der Waals surface area contributed by atoms with Crippen LogP contribution in [0.25, 0.3) is 11.4 Å². The van der Waals surface area contributed by atoms with E-state index in [1.807, 2.05) is 44.1 Å². The van der Waals surface area contributed by atoms with E-state index in [0.29, 0.717) is 29.2 Å². The fraction of sp³-hybridized carbons (Fsp3) is 0.250. The molecule has 0 aliphatic carbocycles. The predicted octanol–water partition coefficient (Wildman–Crippen LogP) is 2.42. The summed E-state index contributed by atoms with van der Waals surface area (Å²) in [5.41, 5.74) is 3.24. The number of benzene rings is 1. The fourth-order valence-electron chi connectivity index (χ4n) is 2.48. The lowest BCUT2D eigenvalue weighted by atomic mass is 10.1. The number of nitrogens with one attached hydrogen (secondary N) is 3. The topological polar surface area (TPSA) is 144 Å². The summed E-state index contributed by atoms with van der Waals surface area (Å²) < 4.78 is 31.7. The average molecular weight is 466 g/mol. The number of hydrogen-bond donors (Lipinski definition) is 4. The Morgan fingerprint density at radius 1 is 1.18 bits per heavy atom.